The van der Waals surface area contributed by atoms with Crippen LogP contribution in [0, 0.1) is 11.3 Å². The van der Waals surface area contributed by atoms with E-state index in [4.69, 9.17) is 4.74 Å². The second-order valence-electron chi connectivity index (χ2n) is 9.60. The lowest BCUT2D eigenvalue weighted by atomic mass is 9.78. The summed E-state index contributed by atoms with van der Waals surface area (Å²) < 4.78 is 5.47. The molecule has 0 bridgehead atoms. The highest BCUT2D eigenvalue weighted by Gasteiger charge is 2.35. The molecule has 1 aromatic heterocycles. The second-order valence-corrected chi connectivity index (χ2v) is 9.60. The van der Waals surface area contributed by atoms with Crippen LogP contribution >= 0.6 is 0 Å². The van der Waals surface area contributed by atoms with Gasteiger partial charge in [0.2, 0.25) is 5.88 Å². The Kier molecular flexibility index (Phi) is 6.22. The normalized spacial score (nSPS) is 14.4. The number of rotatable bonds is 7. The average molecular weight is 490 g/mol. The van der Waals surface area contributed by atoms with E-state index in [0.29, 0.717) is 23.4 Å². The molecule has 2 heterocycles. The highest BCUT2D eigenvalue weighted by molar-refractivity contribution is 6.21. The highest BCUT2D eigenvalue weighted by Crippen LogP contribution is 2.32. The third kappa shape index (κ3) is 4.34. The smallest absolute Gasteiger partial charge is 0.261 e. The molecule has 6 nitrogen and oxygen atoms in total. The molecule has 1 unspecified atom stereocenters. The monoisotopic (exact) mass is 489 g/mol. The minimum absolute atomic E-state index is 0.183. The predicted molar refractivity (Wildman–Crippen MR) is 141 cm³/mol. The number of methoxy groups -OCH3 is 1. The summed E-state index contributed by atoms with van der Waals surface area (Å²) >= 11 is 0. The van der Waals surface area contributed by atoms with Crippen LogP contribution in [0.25, 0.3) is 10.9 Å². The molecule has 3 aromatic carbocycles. The number of hydrogen-bond acceptors (Lipinski definition) is 5. The minimum Gasteiger partial charge on any atom is -0.481 e. The standard InChI is InChI=1S/C31H27N3O3/c1-4-22-15-23-12-13-24(16-27(23)33-28(22)37-3)31(2,19-32)17-20-8-7-9-21(14-20)18-34-29(35)25-10-5-6-11-26(25)30(34)36/h5-16H,4,17-18H2,1-3H3. The largest absolute Gasteiger partial charge is 0.481 e. The van der Waals surface area contributed by atoms with Gasteiger partial charge in [0, 0.05) is 10.9 Å². The molecule has 6 heteroatoms. The predicted octanol–water partition coefficient (Wildman–Crippen LogP) is 5.63. The number of nitrogens with zero attached hydrogens (tertiary/aromatic N) is 3. The van der Waals surface area contributed by atoms with E-state index in [2.05, 4.69) is 24.0 Å². The van der Waals surface area contributed by atoms with Gasteiger partial charge in [0.1, 0.15) is 0 Å². The van der Waals surface area contributed by atoms with Crippen LogP contribution in [-0.4, -0.2) is 28.8 Å². The lowest BCUT2D eigenvalue weighted by Gasteiger charge is -2.23. The van der Waals surface area contributed by atoms with Gasteiger partial charge in [-0.2, -0.15) is 5.26 Å². The van der Waals surface area contributed by atoms with Gasteiger partial charge in [0.05, 0.1) is 41.8 Å². The van der Waals surface area contributed by atoms with Crippen molar-refractivity contribution < 1.29 is 14.3 Å². The third-order valence-electron chi connectivity index (χ3n) is 7.08. The maximum atomic E-state index is 12.8. The second kappa shape index (κ2) is 9.51. The van der Waals surface area contributed by atoms with Gasteiger partial charge in [0.15, 0.2) is 0 Å². The van der Waals surface area contributed by atoms with Crippen molar-refractivity contribution in [3.63, 3.8) is 0 Å². The molecule has 4 aromatic rings. The zero-order valence-electron chi connectivity index (χ0n) is 21.1. The zero-order valence-corrected chi connectivity index (χ0v) is 21.1. The van der Waals surface area contributed by atoms with E-state index >= 15 is 0 Å². The molecule has 0 aliphatic carbocycles. The van der Waals surface area contributed by atoms with E-state index in [1.165, 1.54) is 4.90 Å². The summed E-state index contributed by atoms with van der Waals surface area (Å²) in [5.74, 6) is 0.0445. The highest BCUT2D eigenvalue weighted by atomic mass is 16.5. The zero-order chi connectivity index (χ0) is 26.2. The molecule has 2 amide bonds. The molecule has 0 fully saturated rings. The summed E-state index contributed by atoms with van der Waals surface area (Å²) in [4.78, 5) is 31.6. The Labute approximate surface area is 216 Å². The van der Waals surface area contributed by atoms with Crippen molar-refractivity contribution in [2.24, 2.45) is 0 Å². The van der Waals surface area contributed by atoms with Gasteiger partial charge < -0.3 is 4.74 Å². The number of aromatic nitrogens is 1. The number of hydrogen-bond donors (Lipinski definition) is 0. The Hall–Kier alpha value is -4.50. The van der Waals surface area contributed by atoms with Crippen LogP contribution in [0.1, 0.15) is 56.8 Å². The summed E-state index contributed by atoms with van der Waals surface area (Å²) in [5, 5.41) is 11.2. The summed E-state index contributed by atoms with van der Waals surface area (Å²) in [6.07, 6.45) is 1.29. The molecule has 1 atom stereocenters. The van der Waals surface area contributed by atoms with Crippen molar-refractivity contribution in [2.75, 3.05) is 7.11 Å². The lowest BCUT2D eigenvalue weighted by Crippen LogP contribution is -2.29. The fourth-order valence-corrected chi connectivity index (χ4v) is 4.98. The SMILES string of the molecule is CCc1cc2ccc(C(C)(C#N)Cc3cccc(CN4C(=O)c5ccccc5C4=O)c3)cc2nc1OC. The number of imide groups is 1. The lowest BCUT2D eigenvalue weighted by molar-refractivity contribution is 0.0642. The van der Waals surface area contributed by atoms with Crippen molar-refractivity contribution in [3.8, 4) is 11.9 Å². The number of fused-ring (bicyclic) bond motifs is 2. The molecular weight excluding hydrogens is 462 g/mol. The number of aryl methyl sites for hydroxylation is 1. The van der Waals surface area contributed by atoms with Crippen LogP contribution in [0.3, 0.4) is 0 Å². The van der Waals surface area contributed by atoms with Gasteiger partial charge >= 0.3 is 0 Å². The van der Waals surface area contributed by atoms with E-state index in [0.717, 1.165) is 39.6 Å². The number of benzene rings is 3. The van der Waals surface area contributed by atoms with Gasteiger partial charge in [-0.1, -0.05) is 55.5 Å². The molecule has 0 radical (unpaired) electrons. The maximum absolute atomic E-state index is 12.8. The number of carbonyl (C=O) groups is 2. The van der Waals surface area contributed by atoms with Crippen molar-refractivity contribution in [2.45, 2.75) is 38.6 Å². The molecule has 1 aliphatic heterocycles. The Morgan fingerprint density at radius 2 is 1.65 bits per heavy atom. The molecule has 0 saturated carbocycles. The van der Waals surface area contributed by atoms with Crippen molar-refractivity contribution in [1.82, 2.24) is 9.88 Å². The first kappa shape index (κ1) is 24.2. The molecule has 0 saturated heterocycles. The summed E-state index contributed by atoms with van der Waals surface area (Å²) in [5.41, 5.74) is 4.55. The molecule has 5 rings (SSSR count). The first-order chi connectivity index (χ1) is 17.9. The van der Waals surface area contributed by atoms with Gasteiger partial charge in [-0.05, 0) is 60.7 Å². The van der Waals surface area contributed by atoms with Crippen molar-refractivity contribution >= 4 is 22.7 Å². The van der Waals surface area contributed by atoms with E-state index in [1.54, 1.807) is 31.4 Å². The van der Waals surface area contributed by atoms with E-state index in [1.807, 2.05) is 49.4 Å². The van der Waals surface area contributed by atoms with E-state index in [-0.39, 0.29) is 18.4 Å². The minimum atomic E-state index is -0.805. The van der Waals surface area contributed by atoms with Gasteiger partial charge in [-0.25, -0.2) is 4.98 Å². The Bertz CT molecular complexity index is 1550. The van der Waals surface area contributed by atoms with Crippen molar-refractivity contribution in [3.05, 3.63) is 106 Å². The van der Waals surface area contributed by atoms with Crippen LogP contribution in [0.4, 0.5) is 0 Å². The number of nitriles is 1. The quantitative estimate of drug-likeness (QED) is 0.314. The third-order valence-corrected chi connectivity index (χ3v) is 7.08. The molecule has 1 aliphatic rings. The average Bonchev–Trinajstić information content (AvgIpc) is 3.16. The first-order valence-electron chi connectivity index (χ1n) is 12.3. The topological polar surface area (TPSA) is 83.3 Å². The van der Waals surface area contributed by atoms with Crippen LogP contribution in [0.2, 0.25) is 0 Å². The van der Waals surface area contributed by atoms with E-state index < -0.39 is 5.41 Å². The van der Waals surface area contributed by atoms with Crippen LogP contribution < -0.4 is 4.74 Å². The number of pyridine rings is 1. The fraction of sp³-hybridized carbons (Fsp3) is 0.226. The summed E-state index contributed by atoms with van der Waals surface area (Å²) in [6, 6.07) is 25.2. The first-order valence-corrected chi connectivity index (χ1v) is 12.3. The van der Waals surface area contributed by atoms with Crippen LogP contribution in [0.15, 0.2) is 72.8 Å². The number of ether oxygens (including phenoxy) is 1. The Balaban J connectivity index is 1.41. The fourth-order valence-electron chi connectivity index (χ4n) is 4.98. The Morgan fingerprint density at radius 3 is 2.30 bits per heavy atom. The van der Waals surface area contributed by atoms with Crippen LogP contribution in [0.5, 0.6) is 5.88 Å². The van der Waals surface area contributed by atoms with Gasteiger partial charge in [-0.15, -0.1) is 0 Å². The molecular formula is C31H27N3O3. The van der Waals surface area contributed by atoms with E-state index in [9.17, 15) is 14.9 Å². The number of carbonyl (C=O) groups excluding carboxylic acids is 2. The Morgan fingerprint density at radius 1 is 0.946 bits per heavy atom. The molecule has 37 heavy (non-hydrogen) atoms. The molecule has 0 spiro atoms. The van der Waals surface area contributed by atoms with Crippen LogP contribution in [-0.2, 0) is 24.8 Å². The van der Waals surface area contributed by atoms with Gasteiger partial charge in [-0.3, -0.25) is 14.5 Å². The molecule has 0 N–H and O–H groups in total. The molecule has 184 valence electrons. The van der Waals surface area contributed by atoms with Gasteiger partial charge in [0.25, 0.3) is 11.8 Å². The summed E-state index contributed by atoms with van der Waals surface area (Å²) in [6.45, 7) is 4.17. The summed E-state index contributed by atoms with van der Waals surface area (Å²) in [7, 11) is 1.62. The number of amides is 2. The maximum Gasteiger partial charge on any atom is 0.261 e. The van der Waals surface area contributed by atoms with Crippen molar-refractivity contribution in [1.29, 1.82) is 5.26 Å².